The van der Waals surface area contributed by atoms with Gasteiger partial charge in [0.25, 0.3) is 6.43 Å². The molecule has 0 spiro atoms. The highest BCUT2D eigenvalue weighted by Gasteiger charge is 2.17. The van der Waals surface area contributed by atoms with Crippen molar-refractivity contribution in [1.29, 1.82) is 0 Å². The van der Waals surface area contributed by atoms with E-state index >= 15 is 0 Å². The summed E-state index contributed by atoms with van der Waals surface area (Å²) in [7, 11) is 1.67. The summed E-state index contributed by atoms with van der Waals surface area (Å²) in [6, 6.07) is 0. The molecular weight excluding hydrogens is 202 g/mol. The van der Waals surface area contributed by atoms with Crippen molar-refractivity contribution in [2.24, 2.45) is 5.73 Å². The zero-order valence-electron chi connectivity index (χ0n) is 9.55. The molecule has 0 saturated heterocycles. The molecule has 1 atom stereocenters. The number of rotatable bonds is 8. The highest BCUT2D eigenvalue weighted by atomic mass is 19.3. The molecule has 0 aliphatic rings. The van der Waals surface area contributed by atoms with Gasteiger partial charge in [0.1, 0.15) is 0 Å². The molecule has 0 rings (SSSR count). The van der Waals surface area contributed by atoms with Crippen LogP contribution in [0, 0.1) is 0 Å². The van der Waals surface area contributed by atoms with Gasteiger partial charge in [-0.25, -0.2) is 8.78 Å². The number of nitrogens with two attached hydrogens (primary N) is 1. The van der Waals surface area contributed by atoms with Gasteiger partial charge in [-0.2, -0.15) is 0 Å². The number of aliphatic hydroxyl groups is 1. The molecular formula is C10H22F2N2O. The van der Waals surface area contributed by atoms with Crippen LogP contribution in [0.5, 0.6) is 0 Å². The Hall–Kier alpha value is -0.260. The minimum absolute atomic E-state index is 0.187. The van der Waals surface area contributed by atoms with Gasteiger partial charge in [-0.3, -0.25) is 0 Å². The van der Waals surface area contributed by atoms with E-state index in [1.54, 1.807) is 18.9 Å². The van der Waals surface area contributed by atoms with E-state index in [0.717, 1.165) is 12.8 Å². The van der Waals surface area contributed by atoms with E-state index in [0.29, 0.717) is 13.0 Å². The van der Waals surface area contributed by atoms with Crippen LogP contribution in [0.3, 0.4) is 0 Å². The summed E-state index contributed by atoms with van der Waals surface area (Å²) in [5.41, 5.74) is 4.54. The van der Waals surface area contributed by atoms with Gasteiger partial charge >= 0.3 is 0 Å². The zero-order chi connectivity index (χ0) is 11.9. The highest BCUT2D eigenvalue weighted by Crippen LogP contribution is 2.11. The minimum Gasteiger partial charge on any atom is -0.389 e. The van der Waals surface area contributed by atoms with Crippen molar-refractivity contribution < 1.29 is 13.9 Å². The molecule has 0 aliphatic carbocycles. The average Bonchev–Trinajstić information content (AvgIpc) is 2.11. The van der Waals surface area contributed by atoms with Gasteiger partial charge in [0, 0.05) is 6.54 Å². The Morgan fingerprint density at radius 3 is 2.47 bits per heavy atom. The third kappa shape index (κ3) is 8.72. The van der Waals surface area contributed by atoms with Crippen LogP contribution in [-0.4, -0.2) is 48.7 Å². The second kappa shape index (κ2) is 7.09. The lowest BCUT2D eigenvalue weighted by Gasteiger charge is -2.21. The van der Waals surface area contributed by atoms with Crippen molar-refractivity contribution in [2.75, 3.05) is 26.7 Å². The zero-order valence-corrected chi connectivity index (χ0v) is 9.55. The molecule has 0 fully saturated rings. The van der Waals surface area contributed by atoms with Crippen LogP contribution in [0.2, 0.25) is 0 Å². The lowest BCUT2D eigenvalue weighted by atomic mass is 9.99. The summed E-state index contributed by atoms with van der Waals surface area (Å²) in [6.07, 6.45) is -0.0504. The molecule has 0 amide bonds. The van der Waals surface area contributed by atoms with E-state index in [1.807, 2.05) is 0 Å². The first-order valence-corrected chi connectivity index (χ1v) is 5.26. The second-order valence-electron chi connectivity index (χ2n) is 4.31. The molecule has 1 unspecified atom stereocenters. The number of alkyl halides is 2. The molecule has 92 valence electrons. The molecule has 15 heavy (non-hydrogen) atoms. The lowest BCUT2D eigenvalue weighted by Crippen LogP contribution is -2.34. The van der Waals surface area contributed by atoms with E-state index in [4.69, 9.17) is 5.73 Å². The molecule has 0 saturated carbocycles. The Labute approximate surface area is 90.2 Å². The molecule has 5 heteroatoms. The molecule has 0 radical (unpaired) electrons. The molecule has 0 aliphatic heterocycles. The van der Waals surface area contributed by atoms with Crippen LogP contribution < -0.4 is 5.73 Å². The summed E-state index contributed by atoms with van der Waals surface area (Å²) in [5, 5.41) is 9.58. The van der Waals surface area contributed by atoms with Gasteiger partial charge in [-0.05, 0) is 39.8 Å². The fourth-order valence-corrected chi connectivity index (χ4v) is 1.32. The first-order chi connectivity index (χ1) is 6.87. The average molecular weight is 224 g/mol. The summed E-state index contributed by atoms with van der Waals surface area (Å²) >= 11 is 0. The Kier molecular flexibility index (Phi) is 6.96. The van der Waals surface area contributed by atoms with Crippen molar-refractivity contribution >= 4 is 0 Å². The van der Waals surface area contributed by atoms with E-state index in [2.05, 4.69) is 0 Å². The van der Waals surface area contributed by atoms with Crippen molar-refractivity contribution in [1.82, 2.24) is 4.90 Å². The Morgan fingerprint density at radius 1 is 1.40 bits per heavy atom. The minimum atomic E-state index is -2.28. The molecule has 0 bridgehead atoms. The van der Waals surface area contributed by atoms with Crippen molar-refractivity contribution in [3.8, 4) is 0 Å². The fourth-order valence-electron chi connectivity index (χ4n) is 1.32. The van der Waals surface area contributed by atoms with E-state index in [-0.39, 0.29) is 13.1 Å². The Morgan fingerprint density at radius 2 is 2.00 bits per heavy atom. The maximum absolute atomic E-state index is 11.9. The second-order valence-corrected chi connectivity index (χ2v) is 4.31. The predicted molar refractivity (Wildman–Crippen MR) is 57.0 cm³/mol. The molecule has 0 aromatic carbocycles. The molecule has 0 aromatic heterocycles. The Bertz CT molecular complexity index is 166. The van der Waals surface area contributed by atoms with Crippen molar-refractivity contribution in [3.63, 3.8) is 0 Å². The first kappa shape index (κ1) is 14.7. The normalized spacial score (nSPS) is 16.0. The standard InChI is InChI=1S/C10H22F2N2O/c1-10(15,8-13)5-3-4-6-14(2)7-9(11)12/h9,15H,3-8,13H2,1-2H3. The first-order valence-electron chi connectivity index (χ1n) is 5.26. The molecule has 0 aromatic rings. The van der Waals surface area contributed by atoms with Crippen LogP contribution in [0.4, 0.5) is 8.78 Å². The summed E-state index contributed by atoms with van der Waals surface area (Å²) in [6.45, 7) is 2.37. The summed E-state index contributed by atoms with van der Waals surface area (Å²) in [4.78, 5) is 1.60. The van der Waals surface area contributed by atoms with Crippen molar-refractivity contribution in [3.05, 3.63) is 0 Å². The number of halogens is 2. The van der Waals surface area contributed by atoms with E-state index < -0.39 is 12.0 Å². The predicted octanol–water partition coefficient (Wildman–Crippen LogP) is 1.06. The lowest BCUT2D eigenvalue weighted by molar-refractivity contribution is 0.0552. The quantitative estimate of drug-likeness (QED) is 0.606. The summed E-state index contributed by atoms with van der Waals surface area (Å²) < 4.78 is 23.9. The van der Waals surface area contributed by atoms with Crippen LogP contribution in [0.15, 0.2) is 0 Å². The largest absolute Gasteiger partial charge is 0.389 e. The van der Waals surface area contributed by atoms with E-state index in [9.17, 15) is 13.9 Å². The maximum Gasteiger partial charge on any atom is 0.251 e. The van der Waals surface area contributed by atoms with E-state index in [1.165, 1.54) is 0 Å². The number of hydrogen-bond donors (Lipinski definition) is 2. The van der Waals surface area contributed by atoms with Gasteiger partial charge in [0.05, 0.1) is 12.1 Å². The van der Waals surface area contributed by atoms with Crippen molar-refractivity contribution in [2.45, 2.75) is 38.2 Å². The highest BCUT2D eigenvalue weighted by molar-refractivity contribution is 4.72. The van der Waals surface area contributed by atoms with Crippen LogP contribution in [-0.2, 0) is 0 Å². The smallest absolute Gasteiger partial charge is 0.251 e. The molecule has 3 nitrogen and oxygen atoms in total. The van der Waals surface area contributed by atoms with Gasteiger partial charge in [0.15, 0.2) is 0 Å². The number of nitrogens with zero attached hydrogens (tertiary/aromatic N) is 1. The van der Waals surface area contributed by atoms with Gasteiger partial charge < -0.3 is 15.7 Å². The maximum atomic E-state index is 11.9. The Balaban J connectivity index is 3.46. The molecule has 3 N–H and O–H groups in total. The monoisotopic (exact) mass is 224 g/mol. The van der Waals surface area contributed by atoms with Gasteiger partial charge in [0.2, 0.25) is 0 Å². The van der Waals surface area contributed by atoms with Crippen LogP contribution in [0.1, 0.15) is 26.2 Å². The fraction of sp³-hybridized carbons (Fsp3) is 1.00. The van der Waals surface area contributed by atoms with Gasteiger partial charge in [-0.1, -0.05) is 0 Å². The summed E-state index contributed by atoms with van der Waals surface area (Å²) in [5.74, 6) is 0. The third-order valence-corrected chi connectivity index (χ3v) is 2.39. The van der Waals surface area contributed by atoms with Crippen LogP contribution >= 0.6 is 0 Å². The van der Waals surface area contributed by atoms with Gasteiger partial charge in [-0.15, -0.1) is 0 Å². The third-order valence-electron chi connectivity index (χ3n) is 2.39. The number of unbranched alkanes of at least 4 members (excludes halogenated alkanes) is 1. The SMILES string of the molecule is CN(CCCCC(C)(O)CN)CC(F)F. The van der Waals surface area contributed by atoms with Crippen LogP contribution in [0.25, 0.3) is 0 Å². The molecule has 0 heterocycles. The number of hydrogen-bond acceptors (Lipinski definition) is 3. The topological polar surface area (TPSA) is 49.5 Å².